The molecule has 5 heteroatoms. The maximum absolute atomic E-state index is 12.6. The summed E-state index contributed by atoms with van der Waals surface area (Å²) in [4.78, 5) is 28.4. The lowest BCUT2D eigenvalue weighted by atomic mass is 10.0. The summed E-state index contributed by atoms with van der Waals surface area (Å²) in [5.74, 6) is -0.286. The predicted molar refractivity (Wildman–Crippen MR) is 77.8 cm³/mol. The summed E-state index contributed by atoms with van der Waals surface area (Å²) in [6, 6.07) is 8.46. The molecule has 0 radical (unpaired) electrons. The molecule has 0 saturated carbocycles. The minimum Gasteiger partial charge on any atom is -0.394 e. The van der Waals surface area contributed by atoms with Gasteiger partial charge in [0, 0.05) is 24.0 Å². The first kappa shape index (κ1) is 14.3. The molecule has 0 spiro atoms. The van der Waals surface area contributed by atoms with Crippen molar-refractivity contribution >= 4 is 16.8 Å². The minimum atomic E-state index is -0.694. The van der Waals surface area contributed by atoms with Gasteiger partial charge >= 0.3 is 0 Å². The monoisotopic (exact) mass is 274 g/mol. The molecule has 5 nitrogen and oxygen atoms in total. The lowest BCUT2D eigenvalue weighted by Gasteiger charge is -2.34. The smallest absolute Gasteiger partial charge is 0.255 e. The Kier molecular flexibility index (Phi) is 3.63. The van der Waals surface area contributed by atoms with E-state index in [-0.39, 0.29) is 18.1 Å². The molecule has 0 bridgehead atoms. The molecule has 0 unspecified atom stereocenters. The Morgan fingerprint density at radius 1 is 1.35 bits per heavy atom. The highest BCUT2D eigenvalue weighted by atomic mass is 16.3. The number of pyridine rings is 1. The van der Waals surface area contributed by atoms with E-state index in [0.29, 0.717) is 16.5 Å². The Morgan fingerprint density at radius 3 is 2.65 bits per heavy atom. The molecule has 0 saturated heterocycles. The van der Waals surface area contributed by atoms with Crippen LogP contribution in [0.1, 0.15) is 24.2 Å². The maximum Gasteiger partial charge on any atom is 0.255 e. The number of carbonyl (C=O) groups excluding carboxylic acids is 1. The van der Waals surface area contributed by atoms with Crippen LogP contribution in [0.5, 0.6) is 0 Å². The van der Waals surface area contributed by atoms with Crippen molar-refractivity contribution in [2.24, 2.45) is 0 Å². The Labute approximate surface area is 116 Å². The molecule has 0 atom stereocenters. The van der Waals surface area contributed by atoms with Crippen LogP contribution >= 0.6 is 0 Å². The average molecular weight is 274 g/mol. The van der Waals surface area contributed by atoms with Gasteiger partial charge in [-0.2, -0.15) is 0 Å². The van der Waals surface area contributed by atoms with Crippen molar-refractivity contribution in [3.05, 3.63) is 46.2 Å². The molecule has 0 aliphatic rings. The zero-order chi connectivity index (χ0) is 14.9. The Bertz CT molecular complexity index is 704. The molecule has 0 aliphatic carbocycles. The van der Waals surface area contributed by atoms with Crippen molar-refractivity contribution in [2.75, 3.05) is 13.7 Å². The fourth-order valence-corrected chi connectivity index (χ4v) is 1.94. The van der Waals surface area contributed by atoms with Gasteiger partial charge in [0.1, 0.15) is 0 Å². The van der Waals surface area contributed by atoms with E-state index < -0.39 is 5.54 Å². The lowest BCUT2D eigenvalue weighted by Crippen LogP contribution is -2.47. The summed E-state index contributed by atoms with van der Waals surface area (Å²) in [7, 11) is 1.62. The number of H-pyrrole nitrogens is 1. The van der Waals surface area contributed by atoms with Gasteiger partial charge in [0.2, 0.25) is 5.56 Å². The van der Waals surface area contributed by atoms with Crippen molar-refractivity contribution in [1.82, 2.24) is 9.88 Å². The van der Waals surface area contributed by atoms with E-state index in [1.54, 1.807) is 39.1 Å². The molecule has 106 valence electrons. The van der Waals surface area contributed by atoms with Gasteiger partial charge in [-0.3, -0.25) is 9.59 Å². The second-order valence-corrected chi connectivity index (χ2v) is 5.43. The third-order valence-corrected chi connectivity index (χ3v) is 3.58. The molecule has 0 fully saturated rings. The van der Waals surface area contributed by atoms with Crippen LogP contribution in [-0.2, 0) is 0 Å². The van der Waals surface area contributed by atoms with E-state index in [0.717, 1.165) is 0 Å². The number of aromatic nitrogens is 1. The standard InChI is InChI=1S/C15H18N2O3/c1-15(2,9-18)17(3)14(20)11-8-13(19)16-12-7-5-4-6-10(11)12/h4-8,18H,9H2,1-3H3,(H,16,19). The van der Waals surface area contributed by atoms with Crippen LogP contribution in [-0.4, -0.2) is 40.1 Å². The molecule has 20 heavy (non-hydrogen) atoms. The number of nitrogens with one attached hydrogen (secondary N) is 1. The van der Waals surface area contributed by atoms with Crippen LogP contribution in [0.15, 0.2) is 35.1 Å². The number of hydrogen-bond acceptors (Lipinski definition) is 3. The van der Waals surface area contributed by atoms with Crippen LogP contribution in [0.2, 0.25) is 0 Å². The second kappa shape index (κ2) is 5.09. The van der Waals surface area contributed by atoms with Crippen molar-refractivity contribution < 1.29 is 9.90 Å². The van der Waals surface area contributed by atoms with Crippen LogP contribution in [0.4, 0.5) is 0 Å². The third-order valence-electron chi connectivity index (χ3n) is 3.58. The first-order chi connectivity index (χ1) is 9.36. The van der Waals surface area contributed by atoms with Gasteiger partial charge in [0.15, 0.2) is 0 Å². The largest absolute Gasteiger partial charge is 0.394 e. The van der Waals surface area contributed by atoms with Crippen LogP contribution < -0.4 is 5.56 Å². The molecule has 2 rings (SSSR count). The van der Waals surface area contributed by atoms with E-state index in [1.165, 1.54) is 11.0 Å². The summed E-state index contributed by atoms with van der Waals surface area (Å²) < 4.78 is 0. The van der Waals surface area contributed by atoms with Gasteiger partial charge in [-0.25, -0.2) is 0 Å². The molecule has 1 heterocycles. The molecule has 1 amide bonds. The number of aromatic amines is 1. The van der Waals surface area contributed by atoms with Crippen LogP contribution in [0, 0.1) is 0 Å². The van der Waals surface area contributed by atoms with E-state index in [1.807, 2.05) is 6.07 Å². The SMILES string of the molecule is CN(C(=O)c1cc(=O)[nH]c2ccccc12)C(C)(C)CO. The number of amides is 1. The van der Waals surface area contributed by atoms with E-state index >= 15 is 0 Å². The normalized spacial score (nSPS) is 11.6. The van der Waals surface area contributed by atoms with Crippen molar-refractivity contribution in [3.63, 3.8) is 0 Å². The van der Waals surface area contributed by atoms with Gasteiger partial charge in [-0.15, -0.1) is 0 Å². The maximum atomic E-state index is 12.6. The summed E-state index contributed by atoms with van der Waals surface area (Å²) in [5, 5.41) is 10.1. The summed E-state index contributed by atoms with van der Waals surface area (Å²) in [5.41, 5.74) is -0.0463. The minimum absolute atomic E-state index is 0.156. The fourth-order valence-electron chi connectivity index (χ4n) is 1.94. The first-order valence-electron chi connectivity index (χ1n) is 6.38. The Morgan fingerprint density at radius 2 is 2.00 bits per heavy atom. The summed E-state index contributed by atoms with van der Waals surface area (Å²) in [6.07, 6.45) is 0. The van der Waals surface area contributed by atoms with Crippen molar-refractivity contribution in [3.8, 4) is 0 Å². The van der Waals surface area contributed by atoms with E-state index in [4.69, 9.17) is 0 Å². The molecule has 1 aromatic carbocycles. The number of aliphatic hydroxyl groups is 1. The first-order valence-corrected chi connectivity index (χ1v) is 6.38. The zero-order valence-corrected chi connectivity index (χ0v) is 11.8. The average Bonchev–Trinajstić information content (AvgIpc) is 2.44. The molecule has 1 aromatic heterocycles. The Balaban J connectivity index is 2.58. The van der Waals surface area contributed by atoms with Crippen molar-refractivity contribution in [1.29, 1.82) is 0 Å². The summed E-state index contributed by atoms with van der Waals surface area (Å²) in [6.45, 7) is 3.37. The summed E-state index contributed by atoms with van der Waals surface area (Å²) >= 11 is 0. The van der Waals surface area contributed by atoms with Gasteiger partial charge < -0.3 is 15.0 Å². The number of likely N-dealkylation sites (N-methyl/N-ethyl adjacent to an activating group) is 1. The van der Waals surface area contributed by atoms with E-state index in [2.05, 4.69) is 4.98 Å². The number of aliphatic hydroxyl groups excluding tert-OH is 1. The molecule has 2 aromatic rings. The Hall–Kier alpha value is -2.14. The lowest BCUT2D eigenvalue weighted by molar-refractivity contribution is 0.0475. The molecule has 0 aliphatic heterocycles. The quantitative estimate of drug-likeness (QED) is 0.888. The van der Waals surface area contributed by atoms with Gasteiger partial charge in [-0.1, -0.05) is 18.2 Å². The topological polar surface area (TPSA) is 73.4 Å². The van der Waals surface area contributed by atoms with Gasteiger partial charge in [0.05, 0.1) is 17.7 Å². The van der Waals surface area contributed by atoms with E-state index in [9.17, 15) is 14.7 Å². The number of carbonyl (C=O) groups is 1. The highest BCUT2D eigenvalue weighted by molar-refractivity contribution is 6.06. The molecule has 2 N–H and O–H groups in total. The number of rotatable bonds is 3. The predicted octanol–water partition coefficient (Wildman–Crippen LogP) is 1.37. The molecular formula is C15H18N2O3. The van der Waals surface area contributed by atoms with Gasteiger partial charge in [-0.05, 0) is 19.9 Å². The highest BCUT2D eigenvalue weighted by Crippen LogP contribution is 2.20. The fraction of sp³-hybridized carbons (Fsp3) is 0.333. The number of nitrogens with zero attached hydrogens (tertiary/aromatic N) is 1. The molecular weight excluding hydrogens is 256 g/mol. The zero-order valence-electron chi connectivity index (χ0n) is 11.8. The third kappa shape index (κ3) is 2.44. The number of para-hydroxylation sites is 1. The van der Waals surface area contributed by atoms with Crippen LogP contribution in [0.3, 0.4) is 0 Å². The number of hydrogen-bond donors (Lipinski definition) is 2. The van der Waals surface area contributed by atoms with Gasteiger partial charge in [0.25, 0.3) is 5.91 Å². The second-order valence-electron chi connectivity index (χ2n) is 5.43. The van der Waals surface area contributed by atoms with Crippen LogP contribution in [0.25, 0.3) is 10.9 Å². The number of fused-ring (bicyclic) bond motifs is 1. The van der Waals surface area contributed by atoms with Crippen molar-refractivity contribution in [2.45, 2.75) is 19.4 Å². The highest BCUT2D eigenvalue weighted by Gasteiger charge is 2.28. The number of benzene rings is 1.